The van der Waals surface area contributed by atoms with E-state index in [-0.39, 0.29) is 5.92 Å². The zero-order valence-corrected chi connectivity index (χ0v) is 10.8. The second kappa shape index (κ2) is 6.64. The van der Waals surface area contributed by atoms with Gasteiger partial charge in [-0.1, -0.05) is 39.5 Å². The Labute approximate surface area is 107 Å². The van der Waals surface area contributed by atoms with E-state index < -0.39 is 29.7 Å². The molecule has 2 atom stereocenters. The summed E-state index contributed by atoms with van der Waals surface area (Å²) in [6, 6.07) is 0. The van der Waals surface area contributed by atoms with Gasteiger partial charge in [0.2, 0.25) is 0 Å². The summed E-state index contributed by atoms with van der Waals surface area (Å²) in [4.78, 5) is 33.4. The summed E-state index contributed by atoms with van der Waals surface area (Å²) >= 11 is 0. The van der Waals surface area contributed by atoms with Crippen LogP contribution in [-0.4, -0.2) is 34.9 Å². The number of carbonyl (C=O) groups excluding carboxylic acids is 3. The van der Waals surface area contributed by atoms with Crippen LogP contribution in [0.5, 0.6) is 0 Å². The zero-order valence-electron chi connectivity index (χ0n) is 10.8. The Hall–Kier alpha value is -1.23. The predicted molar refractivity (Wildman–Crippen MR) is 63.8 cm³/mol. The van der Waals surface area contributed by atoms with Crippen molar-refractivity contribution in [3.8, 4) is 0 Å². The number of cyclic esters (lactones) is 1. The molecule has 1 fully saturated rings. The lowest BCUT2D eigenvalue weighted by Gasteiger charge is -2.21. The van der Waals surface area contributed by atoms with Crippen LogP contribution < -0.4 is 0 Å². The Morgan fingerprint density at radius 1 is 1.17 bits per heavy atom. The van der Waals surface area contributed by atoms with Crippen molar-refractivity contribution in [1.82, 2.24) is 0 Å². The molecule has 0 aromatic rings. The van der Waals surface area contributed by atoms with E-state index in [2.05, 4.69) is 18.6 Å². The molecule has 1 saturated heterocycles. The molecule has 0 aromatic heterocycles. The second-order valence-electron chi connectivity index (χ2n) is 4.77. The monoisotopic (exact) mass is 256 g/mol. The summed E-state index contributed by atoms with van der Waals surface area (Å²) in [6.45, 7) is 4.11. The van der Waals surface area contributed by atoms with E-state index in [4.69, 9.17) is 0 Å². The normalized spacial score (nSPS) is 21.6. The molecule has 2 unspecified atom stereocenters. The highest BCUT2D eigenvalue weighted by Crippen LogP contribution is 2.23. The molecule has 1 N–H and O–H groups in total. The van der Waals surface area contributed by atoms with Crippen molar-refractivity contribution in [2.75, 3.05) is 0 Å². The van der Waals surface area contributed by atoms with E-state index in [1.165, 1.54) is 0 Å². The minimum absolute atomic E-state index is 0.289. The van der Waals surface area contributed by atoms with Gasteiger partial charge < -0.3 is 9.84 Å². The van der Waals surface area contributed by atoms with Gasteiger partial charge in [0, 0.05) is 0 Å². The average molecular weight is 256 g/mol. The molecular weight excluding hydrogens is 236 g/mol. The van der Waals surface area contributed by atoms with Gasteiger partial charge in [-0.3, -0.25) is 9.59 Å². The van der Waals surface area contributed by atoms with E-state index in [9.17, 15) is 19.5 Å². The van der Waals surface area contributed by atoms with Crippen LogP contribution in [0.25, 0.3) is 0 Å². The van der Waals surface area contributed by atoms with Crippen LogP contribution in [0.3, 0.4) is 0 Å². The van der Waals surface area contributed by atoms with Crippen molar-refractivity contribution >= 4 is 17.5 Å². The smallest absolute Gasteiger partial charge is 0.383 e. The minimum Gasteiger partial charge on any atom is -0.445 e. The van der Waals surface area contributed by atoms with Crippen LogP contribution in [0.4, 0.5) is 0 Å². The topological polar surface area (TPSA) is 80.7 Å². The van der Waals surface area contributed by atoms with E-state index in [1.54, 1.807) is 0 Å². The van der Waals surface area contributed by atoms with Gasteiger partial charge in [-0.15, -0.1) is 0 Å². The molecule has 1 aliphatic heterocycles. The van der Waals surface area contributed by atoms with Gasteiger partial charge in [-0.05, 0) is 12.3 Å². The first-order valence-corrected chi connectivity index (χ1v) is 6.48. The van der Waals surface area contributed by atoms with Crippen LogP contribution in [0.15, 0.2) is 0 Å². The lowest BCUT2D eigenvalue weighted by molar-refractivity contribution is -0.151. The number of Topliss-reactive ketones (excluding diaryl/α,β-unsaturated/α-hetero) is 2. The van der Waals surface area contributed by atoms with Gasteiger partial charge in [0.1, 0.15) is 0 Å². The number of hydrogen-bond donors (Lipinski definition) is 1. The van der Waals surface area contributed by atoms with Gasteiger partial charge in [0.05, 0.1) is 6.10 Å². The highest BCUT2D eigenvalue weighted by molar-refractivity contribution is 6.65. The SMILES string of the molecule is CCCC(CCC)CC(O)C1OC(=O)C(=O)C1=O. The highest BCUT2D eigenvalue weighted by atomic mass is 16.6. The van der Waals surface area contributed by atoms with Crippen LogP contribution in [0.1, 0.15) is 46.0 Å². The fourth-order valence-corrected chi connectivity index (χ4v) is 2.37. The number of esters is 1. The number of carbonyl (C=O) groups is 3. The number of rotatable bonds is 7. The summed E-state index contributed by atoms with van der Waals surface area (Å²) in [7, 11) is 0. The zero-order chi connectivity index (χ0) is 13.7. The number of aliphatic hydroxyl groups is 1. The van der Waals surface area contributed by atoms with Crippen molar-refractivity contribution in [2.45, 2.75) is 58.2 Å². The van der Waals surface area contributed by atoms with Gasteiger partial charge in [-0.25, -0.2) is 4.79 Å². The first-order valence-electron chi connectivity index (χ1n) is 6.48. The first kappa shape index (κ1) is 14.8. The van der Waals surface area contributed by atoms with Crippen molar-refractivity contribution in [1.29, 1.82) is 0 Å². The van der Waals surface area contributed by atoms with Crippen LogP contribution >= 0.6 is 0 Å². The molecule has 102 valence electrons. The second-order valence-corrected chi connectivity index (χ2v) is 4.77. The molecule has 18 heavy (non-hydrogen) atoms. The van der Waals surface area contributed by atoms with Crippen LogP contribution in [0, 0.1) is 5.92 Å². The fraction of sp³-hybridized carbons (Fsp3) is 0.769. The number of ether oxygens (including phenoxy) is 1. The molecule has 0 radical (unpaired) electrons. The predicted octanol–water partition coefficient (Wildman–Crippen LogP) is 1.02. The van der Waals surface area contributed by atoms with Gasteiger partial charge in [-0.2, -0.15) is 0 Å². The molecule has 0 amide bonds. The number of ketones is 2. The third kappa shape index (κ3) is 3.38. The average Bonchev–Trinajstić information content (AvgIpc) is 2.58. The summed E-state index contributed by atoms with van der Waals surface area (Å²) in [5.74, 6) is -2.93. The molecule has 0 bridgehead atoms. The van der Waals surface area contributed by atoms with Crippen LogP contribution in [0.2, 0.25) is 0 Å². The van der Waals surface area contributed by atoms with E-state index in [1.807, 2.05) is 0 Å². The van der Waals surface area contributed by atoms with E-state index in [0.717, 1.165) is 25.7 Å². The molecule has 1 heterocycles. The van der Waals surface area contributed by atoms with Gasteiger partial charge in [0.25, 0.3) is 5.78 Å². The molecular formula is C13H20O5. The molecule has 0 spiro atoms. The maximum absolute atomic E-state index is 11.4. The standard InChI is InChI=1S/C13H20O5/c1-3-5-8(6-4-2)7-9(14)12-10(15)11(16)13(17)18-12/h8-9,12,14H,3-7H2,1-2H3. The Bertz CT molecular complexity index is 330. The Morgan fingerprint density at radius 2 is 1.72 bits per heavy atom. The first-order chi connectivity index (χ1) is 8.51. The Kier molecular flexibility index (Phi) is 5.47. The third-order valence-electron chi connectivity index (χ3n) is 3.22. The van der Waals surface area contributed by atoms with Crippen molar-refractivity contribution < 1.29 is 24.2 Å². The van der Waals surface area contributed by atoms with Crippen LogP contribution in [-0.2, 0) is 19.1 Å². The van der Waals surface area contributed by atoms with Crippen molar-refractivity contribution in [3.05, 3.63) is 0 Å². The van der Waals surface area contributed by atoms with Crippen molar-refractivity contribution in [3.63, 3.8) is 0 Å². The van der Waals surface area contributed by atoms with Gasteiger partial charge in [0.15, 0.2) is 6.10 Å². The summed E-state index contributed by atoms with van der Waals surface area (Å²) in [5, 5.41) is 9.93. The minimum atomic E-state index is -1.29. The maximum atomic E-state index is 11.4. The lowest BCUT2D eigenvalue weighted by Crippen LogP contribution is -2.34. The molecule has 0 aliphatic carbocycles. The third-order valence-corrected chi connectivity index (χ3v) is 3.22. The Balaban J connectivity index is 2.58. The van der Waals surface area contributed by atoms with E-state index >= 15 is 0 Å². The number of hydrogen-bond acceptors (Lipinski definition) is 5. The molecule has 1 rings (SSSR count). The maximum Gasteiger partial charge on any atom is 0.383 e. The quantitative estimate of drug-likeness (QED) is 0.543. The largest absolute Gasteiger partial charge is 0.445 e. The van der Waals surface area contributed by atoms with E-state index in [0.29, 0.717) is 6.42 Å². The highest BCUT2D eigenvalue weighted by Gasteiger charge is 2.46. The Morgan fingerprint density at radius 3 is 2.11 bits per heavy atom. The summed E-state index contributed by atoms with van der Waals surface area (Å²) < 4.78 is 4.62. The summed E-state index contributed by atoms with van der Waals surface area (Å²) in [5.41, 5.74) is 0. The fourth-order valence-electron chi connectivity index (χ4n) is 2.37. The molecule has 1 aliphatic rings. The molecule has 5 nitrogen and oxygen atoms in total. The molecule has 5 heteroatoms. The van der Waals surface area contributed by atoms with Crippen molar-refractivity contribution in [2.24, 2.45) is 5.92 Å². The molecule has 0 saturated carbocycles. The molecule has 0 aromatic carbocycles. The summed E-state index contributed by atoms with van der Waals surface area (Å²) in [6.07, 6.45) is 1.92. The van der Waals surface area contributed by atoms with Gasteiger partial charge >= 0.3 is 11.8 Å². The lowest BCUT2D eigenvalue weighted by atomic mass is 9.90. The number of aliphatic hydroxyl groups excluding tert-OH is 1.